The molecule has 68 valence electrons. The second-order valence-corrected chi connectivity index (χ2v) is 2.66. The van der Waals surface area contributed by atoms with Crippen LogP contribution in [0, 0.1) is 12.4 Å². The van der Waals surface area contributed by atoms with Crippen LogP contribution in [0.25, 0.3) is 4.85 Å². The highest BCUT2D eigenvalue weighted by atomic mass is 19.3. The highest BCUT2D eigenvalue weighted by molar-refractivity contribution is 5.46. The van der Waals surface area contributed by atoms with E-state index in [1.807, 2.05) is 0 Å². The van der Waals surface area contributed by atoms with Gasteiger partial charge in [0.05, 0.1) is 12.1 Å². The molecule has 0 N–H and O–H groups in total. The average molecular weight is 185 g/mol. The number of benzene rings is 1. The molecule has 0 heterocycles. The Morgan fingerprint density at radius 1 is 1.38 bits per heavy atom. The summed E-state index contributed by atoms with van der Waals surface area (Å²) < 4.78 is 38.2. The minimum atomic E-state index is -3.20. The van der Waals surface area contributed by atoms with Gasteiger partial charge in [-0.05, 0) is 6.07 Å². The first-order valence-electron chi connectivity index (χ1n) is 3.50. The SMILES string of the molecule is [C-]#[N+]c1ccc(C(C)(F)F)c(F)c1. The van der Waals surface area contributed by atoms with Crippen molar-refractivity contribution in [3.8, 4) is 0 Å². The van der Waals surface area contributed by atoms with Crippen molar-refractivity contribution < 1.29 is 13.2 Å². The van der Waals surface area contributed by atoms with Gasteiger partial charge in [-0.25, -0.2) is 18.0 Å². The Balaban J connectivity index is 3.23. The summed E-state index contributed by atoms with van der Waals surface area (Å²) in [6.07, 6.45) is 0. The van der Waals surface area contributed by atoms with Crippen molar-refractivity contribution in [1.29, 1.82) is 0 Å². The summed E-state index contributed by atoms with van der Waals surface area (Å²) in [4.78, 5) is 2.92. The third kappa shape index (κ3) is 2.00. The highest BCUT2D eigenvalue weighted by Gasteiger charge is 2.27. The molecular formula is C9H6F3N. The molecule has 1 aromatic carbocycles. The molecule has 0 bridgehead atoms. The number of alkyl halides is 2. The second kappa shape index (κ2) is 3.09. The fourth-order valence-electron chi connectivity index (χ4n) is 0.930. The van der Waals surface area contributed by atoms with Crippen LogP contribution in [0.3, 0.4) is 0 Å². The summed E-state index contributed by atoms with van der Waals surface area (Å²) in [5.74, 6) is -4.24. The largest absolute Gasteiger partial charge is 0.273 e. The summed E-state index contributed by atoms with van der Waals surface area (Å²) in [6, 6.07) is 2.91. The van der Waals surface area contributed by atoms with Crippen molar-refractivity contribution in [1.82, 2.24) is 0 Å². The van der Waals surface area contributed by atoms with Crippen LogP contribution in [0.2, 0.25) is 0 Å². The molecule has 0 spiro atoms. The summed E-state index contributed by atoms with van der Waals surface area (Å²) in [7, 11) is 0. The molecule has 0 aliphatic rings. The normalized spacial score (nSPS) is 11.0. The van der Waals surface area contributed by atoms with Crippen LogP contribution in [0.5, 0.6) is 0 Å². The predicted molar refractivity (Wildman–Crippen MR) is 42.2 cm³/mol. The van der Waals surface area contributed by atoms with Gasteiger partial charge in [0.1, 0.15) is 5.82 Å². The highest BCUT2D eigenvalue weighted by Crippen LogP contribution is 2.30. The molecule has 0 unspecified atom stereocenters. The molecule has 13 heavy (non-hydrogen) atoms. The van der Waals surface area contributed by atoms with Gasteiger partial charge >= 0.3 is 0 Å². The Labute approximate surface area is 73.6 Å². The van der Waals surface area contributed by atoms with E-state index in [1.165, 1.54) is 6.07 Å². The number of hydrogen-bond donors (Lipinski definition) is 0. The van der Waals surface area contributed by atoms with Crippen molar-refractivity contribution in [2.24, 2.45) is 0 Å². The Kier molecular flexibility index (Phi) is 2.28. The quantitative estimate of drug-likeness (QED) is 0.590. The third-order valence-corrected chi connectivity index (χ3v) is 1.55. The van der Waals surface area contributed by atoms with E-state index in [2.05, 4.69) is 4.85 Å². The summed E-state index contributed by atoms with van der Waals surface area (Å²) >= 11 is 0. The fourth-order valence-corrected chi connectivity index (χ4v) is 0.930. The summed E-state index contributed by atoms with van der Waals surface area (Å²) in [6.45, 7) is 7.15. The fraction of sp³-hybridized carbons (Fsp3) is 0.222. The monoisotopic (exact) mass is 185 g/mol. The summed E-state index contributed by atoms with van der Waals surface area (Å²) in [5, 5.41) is 0. The van der Waals surface area contributed by atoms with Gasteiger partial charge in [-0.1, -0.05) is 12.1 Å². The van der Waals surface area contributed by atoms with Gasteiger partial charge in [-0.2, -0.15) is 0 Å². The first-order valence-corrected chi connectivity index (χ1v) is 3.50. The van der Waals surface area contributed by atoms with E-state index in [-0.39, 0.29) is 5.69 Å². The van der Waals surface area contributed by atoms with Crippen LogP contribution in [0.15, 0.2) is 18.2 Å². The Bertz CT molecular complexity index is 360. The van der Waals surface area contributed by atoms with Crippen LogP contribution < -0.4 is 0 Å². The van der Waals surface area contributed by atoms with E-state index in [9.17, 15) is 13.2 Å². The Morgan fingerprint density at radius 2 is 2.00 bits per heavy atom. The molecule has 1 aromatic rings. The van der Waals surface area contributed by atoms with E-state index < -0.39 is 17.3 Å². The molecule has 0 aromatic heterocycles. The van der Waals surface area contributed by atoms with Crippen molar-refractivity contribution in [2.75, 3.05) is 0 Å². The van der Waals surface area contributed by atoms with Crippen LogP contribution in [0.4, 0.5) is 18.9 Å². The van der Waals surface area contributed by atoms with Crippen molar-refractivity contribution in [3.63, 3.8) is 0 Å². The molecule has 0 fully saturated rings. The molecule has 0 radical (unpaired) electrons. The zero-order chi connectivity index (χ0) is 10.1. The van der Waals surface area contributed by atoms with Gasteiger partial charge in [0, 0.05) is 6.92 Å². The lowest BCUT2D eigenvalue weighted by Crippen LogP contribution is -2.09. The molecule has 0 atom stereocenters. The van der Waals surface area contributed by atoms with Crippen LogP contribution >= 0.6 is 0 Å². The minimum Gasteiger partial charge on any atom is -0.238 e. The van der Waals surface area contributed by atoms with Crippen LogP contribution in [0.1, 0.15) is 12.5 Å². The molecule has 0 aliphatic carbocycles. The number of nitrogens with zero attached hydrogens (tertiary/aromatic N) is 1. The first kappa shape index (κ1) is 9.59. The molecule has 1 nitrogen and oxygen atoms in total. The lowest BCUT2D eigenvalue weighted by molar-refractivity contribution is 0.0138. The smallest absolute Gasteiger partial charge is 0.238 e. The average Bonchev–Trinajstić information content (AvgIpc) is 2.01. The van der Waals surface area contributed by atoms with Crippen LogP contribution in [-0.4, -0.2) is 0 Å². The van der Waals surface area contributed by atoms with Gasteiger partial charge in [0.15, 0.2) is 5.69 Å². The third-order valence-electron chi connectivity index (χ3n) is 1.55. The maximum absolute atomic E-state index is 12.9. The lowest BCUT2D eigenvalue weighted by atomic mass is 10.1. The molecule has 0 amide bonds. The molecular weight excluding hydrogens is 179 g/mol. The Morgan fingerprint density at radius 3 is 2.38 bits per heavy atom. The van der Waals surface area contributed by atoms with Gasteiger partial charge in [0.2, 0.25) is 0 Å². The van der Waals surface area contributed by atoms with Crippen molar-refractivity contribution in [2.45, 2.75) is 12.8 Å². The predicted octanol–water partition coefficient (Wildman–Crippen LogP) is 3.49. The number of rotatable bonds is 1. The Hall–Kier alpha value is -1.50. The van der Waals surface area contributed by atoms with Crippen molar-refractivity contribution in [3.05, 3.63) is 41.0 Å². The van der Waals surface area contributed by atoms with Gasteiger partial charge < -0.3 is 0 Å². The first-order chi connectivity index (χ1) is 5.95. The van der Waals surface area contributed by atoms with Gasteiger partial charge in [-0.15, -0.1) is 0 Å². The summed E-state index contributed by atoms with van der Waals surface area (Å²) in [5.41, 5.74) is -0.662. The number of hydrogen-bond acceptors (Lipinski definition) is 0. The van der Waals surface area contributed by atoms with Crippen molar-refractivity contribution >= 4 is 5.69 Å². The number of halogens is 3. The molecule has 0 saturated heterocycles. The maximum Gasteiger partial charge on any atom is 0.273 e. The second-order valence-electron chi connectivity index (χ2n) is 2.66. The zero-order valence-electron chi connectivity index (χ0n) is 6.81. The lowest BCUT2D eigenvalue weighted by Gasteiger charge is -2.11. The molecule has 0 saturated carbocycles. The standard InChI is InChI=1S/C9H6F3N/c1-9(11,12)7-4-3-6(13-2)5-8(7)10/h3-5H,1H3. The van der Waals surface area contributed by atoms with Gasteiger partial charge in [0.25, 0.3) is 5.92 Å². The van der Waals surface area contributed by atoms with E-state index >= 15 is 0 Å². The molecule has 0 aliphatic heterocycles. The topological polar surface area (TPSA) is 4.36 Å². The van der Waals surface area contributed by atoms with E-state index in [0.29, 0.717) is 6.92 Å². The van der Waals surface area contributed by atoms with Gasteiger partial charge in [-0.3, -0.25) is 0 Å². The minimum absolute atomic E-state index is 0.0190. The zero-order valence-corrected chi connectivity index (χ0v) is 6.81. The van der Waals surface area contributed by atoms with E-state index in [1.54, 1.807) is 0 Å². The van der Waals surface area contributed by atoms with E-state index in [4.69, 9.17) is 6.57 Å². The van der Waals surface area contributed by atoms with Crippen LogP contribution in [-0.2, 0) is 5.92 Å². The maximum atomic E-state index is 12.9. The molecule has 4 heteroatoms. The molecule has 1 rings (SSSR count). The van der Waals surface area contributed by atoms with E-state index in [0.717, 1.165) is 12.1 Å².